The first-order valence-corrected chi connectivity index (χ1v) is 6.82. The topological polar surface area (TPSA) is 48.1 Å². The van der Waals surface area contributed by atoms with Gasteiger partial charge < -0.3 is 4.90 Å². The minimum absolute atomic E-state index is 0.148. The molecular weight excluding hydrogens is 257 g/mol. The van der Waals surface area contributed by atoms with Crippen LogP contribution in [0.15, 0.2) is 24.3 Å². The van der Waals surface area contributed by atoms with Crippen molar-refractivity contribution in [2.45, 2.75) is 13.5 Å². The van der Waals surface area contributed by atoms with Crippen molar-refractivity contribution < 1.29 is 4.39 Å². The van der Waals surface area contributed by atoms with Gasteiger partial charge in [0, 0.05) is 26.2 Å². The van der Waals surface area contributed by atoms with Crippen LogP contribution < -0.4 is 4.90 Å². The highest BCUT2D eigenvalue weighted by molar-refractivity contribution is 5.47. The molecule has 1 aliphatic heterocycles. The Balaban J connectivity index is 1.58. The van der Waals surface area contributed by atoms with E-state index in [0.29, 0.717) is 5.69 Å². The van der Waals surface area contributed by atoms with Gasteiger partial charge in [0.15, 0.2) is 5.82 Å². The molecule has 1 aromatic heterocycles. The molecule has 0 bridgehead atoms. The van der Waals surface area contributed by atoms with E-state index in [9.17, 15) is 4.39 Å². The van der Waals surface area contributed by atoms with Crippen molar-refractivity contribution in [3.63, 3.8) is 0 Å². The molecule has 2 aromatic rings. The van der Waals surface area contributed by atoms with Crippen molar-refractivity contribution in [3.8, 4) is 0 Å². The van der Waals surface area contributed by atoms with E-state index in [1.165, 1.54) is 6.07 Å². The zero-order valence-electron chi connectivity index (χ0n) is 11.5. The van der Waals surface area contributed by atoms with Crippen LogP contribution in [0.5, 0.6) is 0 Å². The lowest BCUT2D eigenvalue weighted by Crippen LogP contribution is -2.46. The van der Waals surface area contributed by atoms with E-state index in [4.69, 9.17) is 0 Å². The number of aryl methyl sites for hydroxylation is 1. The smallest absolute Gasteiger partial charge is 0.164 e. The number of nitrogens with zero attached hydrogens (tertiary/aromatic N) is 4. The van der Waals surface area contributed by atoms with Crippen molar-refractivity contribution in [2.24, 2.45) is 0 Å². The number of aromatic amines is 1. The average Bonchev–Trinajstić information content (AvgIpc) is 2.86. The molecule has 5 nitrogen and oxygen atoms in total. The fourth-order valence-corrected chi connectivity index (χ4v) is 2.51. The van der Waals surface area contributed by atoms with Gasteiger partial charge in [0.1, 0.15) is 11.6 Å². The first-order valence-electron chi connectivity index (χ1n) is 6.82. The second-order valence-electron chi connectivity index (χ2n) is 5.05. The molecule has 1 saturated heterocycles. The molecule has 6 heteroatoms. The van der Waals surface area contributed by atoms with Crippen LogP contribution in [0.1, 0.15) is 11.6 Å². The number of H-pyrrole nitrogens is 1. The molecule has 20 heavy (non-hydrogen) atoms. The molecule has 1 aromatic carbocycles. The highest BCUT2D eigenvalue weighted by Crippen LogP contribution is 2.20. The monoisotopic (exact) mass is 275 g/mol. The Hall–Kier alpha value is -1.95. The normalized spacial score (nSPS) is 16.6. The summed E-state index contributed by atoms with van der Waals surface area (Å²) in [6.45, 7) is 6.07. The van der Waals surface area contributed by atoms with Crippen LogP contribution in [0.4, 0.5) is 10.1 Å². The maximum absolute atomic E-state index is 13.7. The van der Waals surface area contributed by atoms with Gasteiger partial charge >= 0.3 is 0 Å². The molecule has 1 N–H and O–H groups in total. The van der Waals surface area contributed by atoms with Gasteiger partial charge in [-0.15, -0.1) is 0 Å². The van der Waals surface area contributed by atoms with E-state index in [-0.39, 0.29) is 5.82 Å². The maximum atomic E-state index is 13.7. The third-order valence-electron chi connectivity index (χ3n) is 3.57. The number of rotatable bonds is 3. The van der Waals surface area contributed by atoms with Gasteiger partial charge in [-0.05, 0) is 19.1 Å². The molecular formula is C14H18FN5. The predicted molar refractivity (Wildman–Crippen MR) is 75.0 cm³/mol. The highest BCUT2D eigenvalue weighted by atomic mass is 19.1. The summed E-state index contributed by atoms with van der Waals surface area (Å²) in [7, 11) is 0. The Morgan fingerprint density at radius 3 is 2.60 bits per heavy atom. The van der Waals surface area contributed by atoms with Crippen molar-refractivity contribution >= 4 is 5.69 Å². The molecule has 0 radical (unpaired) electrons. The van der Waals surface area contributed by atoms with E-state index < -0.39 is 0 Å². The zero-order valence-corrected chi connectivity index (χ0v) is 11.5. The van der Waals surface area contributed by atoms with Gasteiger partial charge in [-0.3, -0.25) is 10.00 Å². The summed E-state index contributed by atoms with van der Waals surface area (Å²) < 4.78 is 13.7. The molecule has 0 atom stereocenters. The maximum Gasteiger partial charge on any atom is 0.164 e. The summed E-state index contributed by atoms with van der Waals surface area (Å²) in [5.41, 5.74) is 0.695. The molecule has 2 heterocycles. The molecule has 0 amide bonds. The molecule has 106 valence electrons. The Bertz CT molecular complexity index is 574. The van der Waals surface area contributed by atoms with E-state index in [2.05, 4.69) is 25.0 Å². The van der Waals surface area contributed by atoms with Crippen LogP contribution in [0.25, 0.3) is 0 Å². The number of hydrogen-bond donors (Lipinski definition) is 1. The second-order valence-corrected chi connectivity index (χ2v) is 5.05. The Morgan fingerprint density at radius 1 is 1.20 bits per heavy atom. The summed E-state index contributed by atoms with van der Waals surface area (Å²) in [6.07, 6.45) is 0. The van der Waals surface area contributed by atoms with E-state index in [0.717, 1.165) is 44.4 Å². The number of halogens is 1. The largest absolute Gasteiger partial charge is 0.367 e. The fraction of sp³-hybridized carbons (Fsp3) is 0.429. The number of aromatic nitrogens is 3. The van der Waals surface area contributed by atoms with Gasteiger partial charge in [0.2, 0.25) is 0 Å². The Labute approximate surface area is 117 Å². The standard InChI is InChI=1S/C14H18FN5/c1-11-16-14(18-17-11)10-19-6-8-20(9-7-19)13-5-3-2-4-12(13)15/h2-5H,6-10H2,1H3,(H,16,17,18). The van der Waals surface area contributed by atoms with Crippen LogP contribution in [-0.2, 0) is 6.54 Å². The van der Waals surface area contributed by atoms with Crippen LogP contribution in [0.3, 0.4) is 0 Å². The van der Waals surface area contributed by atoms with Gasteiger partial charge in [0.25, 0.3) is 0 Å². The summed E-state index contributed by atoms with van der Waals surface area (Å²) in [4.78, 5) is 8.70. The van der Waals surface area contributed by atoms with E-state index in [1.54, 1.807) is 6.07 Å². The lowest BCUT2D eigenvalue weighted by atomic mass is 10.2. The number of nitrogens with one attached hydrogen (secondary N) is 1. The fourth-order valence-electron chi connectivity index (χ4n) is 2.51. The highest BCUT2D eigenvalue weighted by Gasteiger charge is 2.20. The SMILES string of the molecule is Cc1nc(CN2CCN(c3ccccc3F)CC2)n[nH]1. The van der Waals surface area contributed by atoms with Gasteiger partial charge in [-0.2, -0.15) is 5.10 Å². The predicted octanol–water partition coefficient (Wildman–Crippen LogP) is 1.57. The average molecular weight is 275 g/mol. The third-order valence-corrected chi connectivity index (χ3v) is 3.57. The quantitative estimate of drug-likeness (QED) is 0.924. The second kappa shape index (κ2) is 5.58. The molecule has 0 aliphatic carbocycles. The number of piperazine rings is 1. The first kappa shape index (κ1) is 13.1. The first-order chi connectivity index (χ1) is 9.72. The summed E-state index contributed by atoms with van der Waals surface area (Å²) in [5.74, 6) is 1.51. The van der Waals surface area contributed by atoms with Gasteiger partial charge in [0.05, 0.1) is 12.2 Å². The number of anilines is 1. The summed E-state index contributed by atoms with van der Waals surface area (Å²) in [5, 5.41) is 7.00. The number of benzene rings is 1. The zero-order chi connectivity index (χ0) is 13.9. The minimum Gasteiger partial charge on any atom is -0.367 e. The van der Waals surface area contributed by atoms with Gasteiger partial charge in [-0.25, -0.2) is 9.37 Å². The van der Waals surface area contributed by atoms with Crippen LogP contribution >= 0.6 is 0 Å². The number of para-hydroxylation sites is 1. The molecule has 0 spiro atoms. The molecule has 1 aliphatic rings. The lowest BCUT2D eigenvalue weighted by Gasteiger charge is -2.35. The van der Waals surface area contributed by atoms with Crippen LogP contribution in [0, 0.1) is 12.7 Å². The number of hydrogen-bond acceptors (Lipinski definition) is 4. The van der Waals surface area contributed by atoms with Crippen LogP contribution in [-0.4, -0.2) is 46.3 Å². The van der Waals surface area contributed by atoms with Gasteiger partial charge in [-0.1, -0.05) is 12.1 Å². The minimum atomic E-state index is -0.148. The molecule has 0 saturated carbocycles. The lowest BCUT2D eigenvalue weighted by molar-refractivity contribution is 0.243. The van der Waals surface area contributed by atoms with Crippen molar-refractivity contribution in [1.29, 1.82) is 0 Å². The summed E-state index contributed by atoms with van der Waals surface area (Å²) >= 11 is 0. The van der Waals surface area contributed by atoms with E-state index >= 15 is 0 Å². The summed E-state index contributed by atoms with van der Waals surface area (Å²) in [6, 6.07) is 6.95. The van der Waals surface area contributed by atoms with Crippen LogP contribution in [0.2, 0.25) is 0 Å². The van der Waals surface area contributed by atoms with Crippen molar-refractivity contribution in [3.05, 3.63) is 41.7 Å². The third kappa shape index (κ3) is 2.80. The van der Waals surface area contributed by atoms with Crippen molar-refractivity contribution in [1.82, 2.24) is 20.1 Å². The Morgan fingerprint density at radius 2 is 1.95 bits per heavy atom. The molecule has 3 rings (SSSR count). The molecule has 0 unspecified atom stereocenters. The van der Waals surface area contributed by atoms with E-state index in [1.807, 2.05) is 19.1 Å². The van der Waals surface area contributed by atoms with Crippen molar-refractivity contribution in [2.75, 3.05) is 31.1 Å². The Kier molecular flexibility index (Phi) is 3.64. The molecule has 1 fully saturated rings.